The molecule has 0 bridgehead atoms. The summed E-state index contributed by atoms with van der Waals surface area (Å²) in [6.45, 7) is 9.04. The highest BCUT2D eigenvalue weighted by atomic mass is 127. The number of para-hydroxylation sites is 1. The molecule has 7 heteroatoms. The maximum Gasteiger partial charge on any atom is 0.338 e. The van der Waals surface area contributed by atoms with E-state index in [2.05, 4.69) is 27.5 Å². The molecule has 1 aromatic heterocycles. The van der Waals surface area contributed by atoms with Crippen LogP contribution in [0.3, 0.4) is 0 Å². The molecule has 2 aromatic carbocycles. The number of benzene rings is 2. The van der Waals surface area contributed by atoms with Crippen LogP contribution >= 0.6 is 0 Å². The summed E-state index contributed by atoms with van der Waals surface area (Å²) in [4.78, 5) is 12.3. The van der Waals surface area contributed by atoms with E-state index in [4.69, 9.17) is 9.47 Å². The number of halogens is 1. The smallest absolute Gasteiger partial charge is 0.338 e. The minimum atomic E-state index is -0.303. The van der Waals surface area contributed by atoms with Crippen LogP contribution in [0.2, 0.25) is 0 Å². The summed E-state index contributed by atoms with van der Waals surface area (Å²) in [7, 11) is 0. The molecule has 31 heavy (non-hydrogen) atoms. The predicted octanol–water partition coefficient (Wildman–Crippen LogP) is 1.25. The van der Waals surface area contributed by atoms with E-state index in [9.17, 15) is 4.79 Å². The fraction of sp³-hybridized carbons (Fsp3) is 0.333. The molecule has 0 radical (unpaired) electrons. The van der Waals surface area contributed by atoms with Crippen molar-refractivity contribution < 1.29 is 42.8 Å². The number of aromatic nitrogens is 2. The Kier molecular flexibility index (Phi) is 10.00. The van der Waals surface area contributed by atoms with Crippen LogP contribution in [0.25, 0.3) is 17.1 Å². The number of hydrogen-bond acceptors (Lipinski definition) is 4. The summed E-state index contributed by atoms with van der Waals surface area (Å²) in [5, 5.41) is 3.32. The monoisotopic (exact) mass is 535 g/mol. The van der Waals surface area contributed by atoms with Crippen LogP contribution in [-0.2, 0) is 22.6 Å². The Hall–Kier alpha value is -2.39. The quantitative estimate of drug-likeness (QED) is 0.184. The molecule has 0 aliphatic heterocycles. The maximum absolute atomic E-state index is 12.3. The molecule has 0 fully saturated rings. The second kappa shape index (κ2) is 12.5. The minimum Gasteiger partial charge on any atom is -1.00 e. The lowest BCUT2D eigenvalue weighted by Gasteiger charge is -2.03. The van der Waals surface area contributed by atoms with Gasteiger partial charge >= 0.3 is 5.97 Å². The number of esters is 1. The molecule has 0 aliphatic rings. The summed E-state index contributed by atoms with van der Waals surface area (Å²) in [5.74, 6) is 0.736. The lowest BCUT2D eigenvalue weighted by molar-refractivity contribution is -0.670. The van der Waals surface area contributed by atoms with E-state index in [1.54, 1.807) is 0 Å². The largest absolute Gasteiger partial charge is 1.00 e. The fourth-order valence-corrected chi connectivity index (χ4v) is 3.50. The van der Waals surface area contributed by atoms with Crippen molar-refractivity contribution in [1.29, 1.82) is 0 Å². The highest BCUT2D eigenvalue weighted by molar-refractivity contribution is 5.93. The topological polar surface area (TPSA) is 56.4 Å². The third kappa shape index (κ3) is 6.07. The van der Waals surface area contributed by atoms with Gasteiger partial charge in [0.05, 0.1) is 25.3 Å². The average molecular weight is 535 g/mol. The van der Waals surface area contributed by atoms with Crippen molar-refractivity contribution >= 4 is 28.8 Å². The van der Waals surface area contributed by atoms with Crippen molar-refractivity contribution in [2.24, 2.45) is 0 Å². The molecule has 1 heterocycles. The predicted molar refractivity (Wildman–Crippen MR) is 119 cm³/mol. The Bertz CT molecular complexity index is 1020. The van der Waals surface area contributed by atoms with Crippen LogP contribution in [0.15, 0.2) is 54.7 Å². The Morgan fingerprint density at radius 2 is 1.87 bits per heavy atom. The molecular formula is C24H30IN3O3. The molecule has 0 aliphatic carbocycles. The zero-order valence-corrected chi connectivity index (χ0v) is 20.5. The second-order valence-electron chi connectivity index (χ2n) is 6.72. The molecule has 0 amide bonds. The zero-order chi connectivity index (χ0) is 21.3. The molecule has 3 rings (SSSR count). The van der Waals surface area contributed by atoms with Crippen LogP contribution in [0, 0.1) is 0 Å². The SMILES string of the molecule is CCOCCn1c(/C=C/Nc2ccccc2)[n+](CC)c2ccc(C(=O)OCC)cc21.[I-]. The molecule has 0 atom stereocenters. The molecule has 3 aromatic rings. The molecule has 0 saturated heterocycles. The summed E-state index contributed by atoms with van der Waals surface area (Å²) in [6, 6.07) is 15.8. The van der Waals surface area contributed by atoms with Gasteiger partial charge in [0.2, 0.25) is 0 Å². The lowest BCUT2D eigenvalue weighted by atomic mass is 10.2. The summed E-state index contributed by atoms with van der Waals surface area (Å²) < 4.78 is 15.2. The lowest BCUT2D eigenvalue weighted by Crippen LogP contribution is -3.00. The number of rotatable bonds is 10. The normalized spacial score (nSPS) is 10.9. The van der Waals surface area contributed by atoms with Crippen molar-refractivity contribution in [2.45, 2.75) is 33.9 Å². The number of imidazole rings is 1. The highest BCUT2D eigenvalue weighted by Gasteiger charge is 2.23. The van der Waals surface area contributed by atoms with E-state index >= 15 is 0 Å². The van der Waals surface area contributed by atoms with Crippen LogP contribution < -0.4 is 33.9 Å². The van der Waals surface area contributed by atoms with E-state index in [-0.39, 0.29) is 29.9 Å². The number of hydrogen-bond donors (Lipinski definition) is 1. The van der Waals surface area contributed by atoms with Crippen LogP contribution in [0.4, 0.5) is 5.69 Å². The van der Waals surface area contributed by atoms with Gasteiger partial charge in [-0.2, -0.15) is 0 Å². The molecular weight excluding hydrogens is 505 g/mol. The fourth-order valence-electron chi connectivity index (χ4n) is 3.50. The van der Waals surface area contributed by atoms with Gasteiger partial charge in [-0.25, -0.2) is 13.9 Å². The van der Waals surface area contributed by atoms with Gasteiger partial charge in [0.15, 0.2) is 11.0 Å². The number of anilines is 1. The van der Waals surface area contributed by atoms with Gasteiger partial charge in [-0.3, -0.25) is 0 Å². The first-order valence-corrected chi connectivity index (χ1v) is 10.5. The van der Waals surface area contributed by atoms with Gasteiger partial charge in [-0.05, 0) is 45.0 Å². The zero-order valence-electron chi connectivity index (χ0n) is 18.3. The Balaban J connectivity index is 0.00000341. The molecule has 166 valence electrons. The van der Waals surface area contributed by atoms with Crippen LogP contribution in [0.5, 0.6) is 0 Å². The van der Waals surface area contributed by atoms with E-state index < -0.39 is 0 Å². The van der Waals surface area contributed by atoms with Gasteiger partial charge in [0.1, 0.15) is 6.54 Å². The maximum atomic E-state index is 12.3. The third-order valence-electron chi connectivity index (χ3n) is 4.86. The molecule has 0 saturated carbocycles. The van der Waals surface area contributed by atoms with E-state index in [1.165, 1.54) is 0 Å². The highest BCUT2D eigenvalue weighted by Crippen LogP contribution is 2.19. The Morgan fingerprint density at radius 3 is 2.55 bits per heavy atom. The summed E-state index contributed by atoms with van der Waals surface area (Å²) in [6.07, 6.45) is 4.01. The standard InChI is InChI=1S/C24H29N3O3.HI/c1-4-26-21-13-12-19(24(28)30-6-3)18-22(21)27(16-17-29-5-2)23(26)14-15-25-20-10-8-7-9-11-20;/h7-15,18H,4-6,16-17H2,1-3H3;1H. The van der Waals surface area contributed by atoms with Crippen molar-refractivity contribution in [3.05, 3.63) is 66.1 Å². The number of carbonyl (C=O) groups excluding carboxylic acids is 1. The van der Waals surface area contributed by atoms with Crippen molar-refractivity contribution in [3.8, 4) is 0 Å². The minimum absolute atomic E-state index is 0. The number of aryl methyl sites for hydroxylation is 1. The van der Waals surface area contributed by atoms with Gasteiger partial charge in [-0.1, -0.05) is 18.2 Å². The van der Waals surface area contributed by atoms with E-state index in [1.807, 2.05) is 68.6 Å². The van der Waals surface area contributed by atoms with Crippen LogP contribution in [0.1, 0.15) is 37.0 Å². The van der Waals surface area contributed by atoms with Crippen molar-refractivity contribution in [1.82, 2.24) is 4.57 Å². The number of ether oxygens (including phenoxy) is 2. The number of nitrogens with one attached hydrogen (secondary N) is 1. The summed E-state index contributed by atoms with van der Waals surface area (Å²) in [5.41, 5.74) is 3.64. The average Bonchev–Trinajstić information content (AvgIpc) is 3.06. The van der Waals surface area contributed by atoms with Gasteiger partial charge < -0.3 is 38.8 Å². The Labute approximate surface area is 200 Å². The second-order valence-corrected chi connectivity index (χ2v) is 6.72. The molecule has 0 spiro atoms. The number of carbonyl (C=O) groups is 1. The molecule has 0 unspecified atom stereocenters. The molecule has 1 N–H and O–H groups in total. The van der Waals surface area contributed by atoms with E-state index in [0.29, 0.717) is 31.9 Å². The molecule has 6 nitrogen and oxygen atoms in total. The third-order valence-corrected chi connectivity index (χ3v) is 4.86. The first-order chi connectivity index (χ1) is 14.7. The van der Waals surface area contributed by atoms with Gasteiger partial charge in [-0.15, -0.1) is 0 Å². The number of nitrogens with zero attached hydrogens (tertiary/aromatic N) is 2. The van der Waals surface area contributed by atoms with Gasteiger partial charge in [0.25, 0.3) is 5.82 Å². The van der Waals surface area contributed by atoms with Crippen molar-refractivity contribution in [3.63, 3.8) is 0 Å². The van der Waals surface area contributed by atoms with Crippen LogP contribution in [-0.4, -0.2) is 30.4 Å². The Morgan fingerprint density at radius 1 is 1.10 bits per heavy atom. The number of fused-ring (bicyclic) bond motifs is 1. The summed E-state index contributed by atoms with van der Waals surface area (Å²) >= 11 is 0. The first-order valence-electron chi connectivity index (χ1n) is 10.5. The first kappa shape index (κ1) is 24.9. The van der Waals surface area contributed by atoms with Gasteiger partial charge in [0, 0.05) is 30.6 Å². The van der Waals surface area contributed by atoms with E-state index in [0.717, 1.165) is 29.1 Å². The van der Waals surface area contributed by atoms with Crippen molar-refractivity contribution in [2.75, 3.05) is 25.1 Å².